The van der Waals surface area contributed by atoms with Gasteiger partial charge in [0.2, 0.25) is 17.7 Å². The van der Waals surface area contributed by atoms with Gasteiger partial charge in [-0.1, -0.05) is 76.8 Å². The van der Waals surface area contributed by atoms with Crippen LogP contribution in [0.5, 0.6) is 11.5 Å². The van der Waals surface area contributed by atoms with Gasteiger partial charge in [0.25, 0.3) is 0 Å². The van der Waals surface area contributed by atoms with Crippen molar-refractivity contribution in [3.8, 4) is 11.5 Å². The van der Waals surface area contributed by atoms with Gasteiger partial charge in [-0.05, 0) is 73.0 Å². The fourth-order valence-electron chi connectivity index (χ4n) is 6.00. The first kappa shape index (κ1) is 41.2. The second-order valence-electron chi connectivity index (χ2n) is 12.9. The summed E-state index contributed by atoms with van der Waals surface area (Å²) in [6.45, 7) is 3.50. The molecule has 0 spiro atoms. The number of amides is 3. The summed E-state index contributed by atoms with van der Waals surface area (Å²) in [5, 5.41) is 15.4. The van der Waals surface area contributed by atoms with Gasteiger partial charge in [-0.15, -0.1) is 0 Å². The Hall–Kier alpha value is -5.19. The second kappa shape index (κ2) is 21.9. The Balaban J connectivity index is 1.58. The number of hydrogen-bond donors (Lipinski definition) is 3. The molecule has 0 heterocycles. The molecule has 3 amide bonds. The Morgan fingerprint density at radius 1 is 0.731 bits per heavy atom. The largest absolute Gasteiger partial charge is 0.497 e. The van der Waals surface area contributed by atoms with Crippen molar-refractivity contribution in [3.05, 3.63) is 77.9 Å². The molecule has 0 bridgehead atoms. The lowest BCUT2D eigenvalue weighted by atomic mass is 10.0. The Morgan fingerprint density at radius 3 is 1.90 bits per heavy atom. The summed E-state index contributed by atoms with van der Waals surface area (Å²) >= 11 is 0. The minimum atomic E-state index is -1.47. The lowest BCUT2D eigenvalue weighted by Crippen LogP contribution is -2.46. The molecule has 11 nitrogen and oxygen atoms in total. The molecule has 0 aliphatic carbocycles. The standard InChI is InChI=1S/C41H53N3O8/c1-5-6-7-8-9-10-11-12-13-14-15-30-16-21-33(22-17-30)44(29(2)45)36(41(49)50)27-39(47)42-32-20-25-38(52-4)35(26-32)43-40(48)28-37(46)31-18-23-34(51-3)24-19-31/h16-26,36H,5-15,27-28H2,1-4H3,(H,42,47)(H,43,48)(H,49,50). The first-order chi connectivity index (χ1) is 25.1. The maximum Gasteiger partial charge on any atom is 0.327 e. The van der Waals surface area contributed by atoms with E-state index in [1.54, 1.807) is 36.4 Å². The minimum absolute atomic E-state index is 0.200. The van der Waals surface area contributed by atoms with Crippen molar-refractivity contribution in [1.29, 1.82) is 0 Å². The van der Waals surface area contributed by atoms with Crippen LogP contribution in [0.4, 0.5) is 17.1 Å². The van der Waals surface area contributed by atoms with Crippen molar-refractivity contribution in [2.45, 2.75) is 103 Å². The van der Waals surface area contributed by atoms with E-state index in [0.717, 1.165) is 29.7 Å². The molecule has 0 saturated carbocycles. The quantitative estimate of drug-likeness (QED) is 0.0505. The number of unbranched alkanes of at least 4 members (excludes halogenated alkanes) is 9. The molecule has 280 valence electrons. The normalized spacial score (nSPS) is 11.3. The molecule has 3 N–H and O–H groups in total. The summed E-state index contributed by atoms with van der Waals surface area (Å²) < 4.78 is 10.4. The zero-order valence-electron chi connectivity index (χ0n) is 30.9. The molecule has 0 aromatic heterocycles. The maximum absolute atomic E-state index is 13.2. The van der Waals surface area contributed by atoms with E-state index in [2.05, 4.69) is 17.6 Å². The maximum atomic E-state index is 13.2. The molecule has 0 saturated heterocycles. The van der Waals surface area contributed by atoms with Gasteiger partial charge < -0.3 is 25.2 Å². The highest BCUT2D eigenvalue weighted by molar-refractivity contribution is 6.11. The zero-order chi connectivity index (χ0) is 37.9. The van der Waals surface area contributed by atoms with Gasteiger partial charge in [-0.25, -0.2) is 4.79 Å². The van der Waals surface area contributed by atoms with Crippen LogP contribution in [-0.2, 0) is 25.6 Å². The smallest absolute Gasteiger partial charge is 0.327 e. The van der Waals surface area contributed by atoms with Gasteiger partial charge in [-0.2, -0.15) is 0 Å². The van der Waals surface area contributed by atoms with Crippen LogP contribution in [0.3, 0.4) is 0 Å². The minimum Gasteiger partial charge on any atom is -0.497 e. The fourth-order valence-corrected chi connectivity index (χ4v) is 6.00. The topological polar surface area (TPSA) is 151 Å². The van der Waals surface area contributed by atoms with E-state index in [9.17, 15) is 29.1 Å². The van der Waals surface area contributed by atoms with Crippen molar-refractivity contribution >= 4 is 46.5 Å². The lowest BCUT2D eigenvalue weighted by molar-refractivity contribution is -0.141. The van der Waals surface area contributed by atoms with Gasteiger partial charge >= 0.3 is 5.97 Å². The van der Waals surface area contributed by atoms with Crippen molar-refractivity contribution in [1.82, 2.24) is 0 Å². The van der Waals surface area contributed by atoms with Crippen molar-refractivity contribution < 1.29 is 38.6 Å². The summed E-state index contributed by atoms with van der Waals surface area (Å²) in [5.41, 5.74) is 2.28. The summed E-state index contributed by atoms with van der Waals surface area (Å²) in [6, 6.07) is 16.6. The first-order valence-corrected chi connectivity index (χ1v) is 18.1. The fraction of sp³-hybridized carbons (Fsp3) is 0.439. The molecule has 0 aliphatic heterocycles. The number of nitrogens with one attached hydrogen (secondary N) is 2. The molecule has 11 heteroatoms. The third kappa shape index (κ3) is 13.5. The van der Waals surface area contributed by atoms with Gasteiger partial charge in [0.1, 0.15) is 17.5 Å². The van der Waals surface area contributed by atoms with E-state index in [1.165, 1.54) is 90.7 Å². The van der Waals surface area contributed by atoms with Gasteiger partial charge in [0.05, 0.1) is 32.7 Å². The average Bonchev–Trinajstić information content (AvgIpc) is 3.12. The van der Waals surface area contributed by atoms with E-state index in [-0.39, 0.29) is 17.1 Å². The van der Waals surface area contributed by atoms with Gasteiger partial charge in [0, 0.05) is 23.9 Å². The number of ether oxygens (including phenoxy) is 2. The number of ketones is 1. The molecule has 0 fully saturated rings. The van der Waals surface area contributed by atoms with E-state index in [1.807, 2.05) is 12.1 Å². The molecular formula is C41H53N3O8. The number of aryl methyl sites for hydroxylation is 1. The monoisotopic (exact) mass is 715 g/mol. The molecular weight excluding hydrogens is 662 g/mol. The summed E-state index contributed by atoms with van der Waals surface area (Å²) in [6.07, 6.45) is 12.5. The SMILES string of the molecule is CCCCCCCCCCCCc1ccc(N(C(C)=O)C(CC(=O)Nc2ccc(OC)c(NC(=O)CC(=O)c3ccc(OC)cc3)c2)C(=O)O)cc1. The molecule has 3 aromatic carbocycles. The van der Waals surface area contributed by atoms with Crippen molar-refractivity contribution in [3.63, 3.8) is 0 Å². The van der Waals surface area contributed by atoms with Crippen LogP contribution >= 0.6 is 0 Å². The predicted octanol–water partition coefficient (Wildman–Crippen LogP) is 8.21. The third-order valence-corrected chi connectivity index (χ3v) is 8.84. The number of methoxy groups -OCH3 is 2. The van der Waals surface area contributed by atoms with Crippen LogP contribution in [0, 0.1) is 0 Å². The number of carboxylic acids is 1. The van der Waals surface area contributed by atoms with Crippen LogP contribution in [0.2, 0.25) is 0 Å². The van der Waals surface area contributed by atoms with Crippen molar-refractivity contribution in [2.24, 2.45) is 0 Å². The number of carbonyl (C=O) groups is 5. The Labute approximate surface area is 307 Å². The molecule has 0 radical (unpaired) electrons. The van der Waals surface area contributed by atoms with E-state index < -0.39 is 48.4 Å². The first-order valence-electron chi connectivity index (χ1n) is 18.1. The number of rotatable bonds is 23. The molecule has 0 aliphatic rings. The lowest BCUT2D eigenvalue weighted by Gasteiger charge is -2.28. The zero-order valence-corrected chi connectivity index (χ0v) is 30.9. The Morgan fingerprint density at radius 2 is 1.35 bits per heavy atom. The Kier molecular flexibility index (Phi) is 17.4. The van der Waals surface area contributed by atoms with Crippen molar-refractivity contribution in [2.75, 3.05) is 29.8 Å². The molecule has 52 heavy (non-hydrogen) atoms. The number of benzene rings is 3. The summed E-state index contributed by atoms with van der Waals surface area (Å²) in [7, 11) is 2.92. The number of anilines is 3. The van der Waals surface area contributed by atoms with Gasteiger partial charge in [-0.3, -0.25) is 24.1 Å². The molecule has 3 aromatic rings. The summed E-state index contributed by atoms with van der Waals surface area (Å²) in [5.74, 6) is -2.64. The number of hydrogen-bond acceptors (Lipinski definition) is 7. The van der Waals surface area contributed by atoms with Crippen LogP contribution in [0.25, 0.3) is 0 Å². The van der Waals surface area contributed by atoms with E-state index in [4.69, 9.17) is 9.47 Å². The highest BCUT2D eigenvalue weighted by Gasteiger charge is 2.31. The third-order valence-electron chi connectivity index (χ3n) is 8.84. The highest BCUT2D eigenvalue weighted by Crippen LogP contribution is 2.29. The number of aliphatic carboxylic acids is 1. The van der Waals surface area contributed by atoms with E-state index >= 15 is 0 Å². The summed E-state index contributed by atoms with van der Waals surface area (Å²) in [4.78, 5) is 64.8. The second-order valence-corrected chi connectivity index (χ2v) is 12.9. The van der Waals surface area contributed by atoms with Gasteiger partial charge in [0.15, 0.2) is 5.78 Å². The molecule has 1 atom stereocenters. The van der Waals surface area contributed by atoms with E-state index in [0.29, 0.717) is 17.0 Å². The van der Waals surface area contributed by atoms with Crippen LogP contribution in [-0.4, -0.2) is 54.8 Å². The number of carbonyl (C=O) groups excluding carboxylic acids is 4. The predicted molar refractivity (Wildman–Crippen MR) is 203 cm³/mol. The number of nitrogens with zero attached hydrogens (tertiary/aromatic N) is 1. The van der Waals surface area contributed by atoms with Crippen LogP contribution in [0.1, 0.15) is 107 Å². The number of carboxylic acid groups (broad SMARTS) is 1. The number of Topliss-reactive ketones (excluding diaryl/α,β-unsaturated/α-hetero) is 1. The van der Waals surface area contributed by atoms with Crippen LogP contribution < -0.4 is 25.0 Å². The Bertz CT molecular complexity index is 1620. The molecule has 3 rings (SSSR count). The molecule has 1 unspecified atom stereocenters. The highest BCUT2D eigenvalue weighted by atomic mass is 16.5. The van der Waals surface area contributed by atoms with Crippen LogP contribution in [0.15, 0.2) is 66.7 Å². The average molecular weight is 716 g/mol.